The van der Waals surface area contributed by atoms with Crippen LogP contribution in [0.1, 0.15) is 26.7 Å². The molecule has 0 spiro atoms. The summed E-state index contributed by atoms with van der Waals surface area (Å²) in [7, 11) is -3.90. The highest BCUT2D eigenvalue weighted by Gasteiger charge is 2.36. The standard InChI is InChI=1S/C21H29FN4O3S/c1-16(2)19(15-23)24-11-13-25(14-12-24)21(27)17-7-9-26(10-8-17)30(28,29)20-6-4-3-5-18(20)22/h3-6,16-17,19H,7-14H2,1-2H3. The van der Waals surface area contributed by atoms with Crippen molar-refractivity contribution in [2.75, 3.05) is 39.3 Å². The van der Waals surface area contributed by atoms with Crippen LogP contribution in [0, 0.1) is 29.0 Å². The Labute approximate surface area is 178 Å². The average Bonchev–Trinajstić information content (AvgIpc) is 2.74. The maximum absolute atomic E-state index is 14.0. The highest BCUT2D eigenvalue weighted by Crippen LogP contribution is 2.27. The minimum atomic E-state index is -3.90. The fourth-order valence-corrected chi connectivity index (χ4v) is 5.80. The second kappa shape index (κ2) is 9.41. The molecule has 0 saturated carbocycles. The molecule has 2 heterocycles. The van der Waals surface area contributed by atoms with E-state index in [4.69, 9.17) is 0 Å². The number of sulfonamides is 1. The van der Waals surface area contributed by atoms with E-state index in [0.29, 0.717) is 39.0 Å². The number of rotatable bonds is 5. The lowest BCUT2D eigenvalue weighted by molar-refractivity contribution is -0.138. The number of piperazine rings is 1. The van der Waals surface area contributed by atoms with Gasteiger partial charge in [-0.15, -0.1) is 0 Å². The van der Waals surface area contributed by atoms with Gasteiger partial charge in [0.05, 0.1) is 6.07 Å². The van der Waals surface area contributed by atoms with Gasteiger partial charge in [-0.05, 0) is 30.9 Å². The summed E-state index contributed by atoms with van der Waals surface area (Å²) in [4.78, 5) is 16.6. The van der Waals surface area contributed by atoms with Gasteiger partial charge in [-0.3, -0.25) is 9.69 Å². The van der Waals surface area contributed by atoms with Crippen molar-refractivity contribution in [3.63, 3.8) is 0 Å². The molecule has 1 aromatic rings. The zero-order valence-electron chi connectivity index (χ0n) is 17.5. The first-order valence-electron chi connectivity index (χ1n) is 10.4. The number of halogens is 1. The Hall–Kier alpha value is -2.02. The van der Waals surface area contributed by atoms with E-state index in [9.17, 15) is 22.9 Å². The van der Waals surface area contributed by atoms with Gasteiger partial charge in [0.25, 0.3) is 0 Å². The molecule has 1 aromatic carbocycles. The predicted octanol–water partition coefficient (Wildman–Crippen LogP) is 1.92. The Morgan fingerprint density at radius 3 is 2.23 bits per heavy atom. The molecule has 164 valence electrons. The van der Waals surface area contributed by atoms with Crippen LogP contribution in [-0.2, 0) is 14.8 Å². The number of nitriles is 1. The minimum absolute atomic E-state index is 0.0515. The van der Waals surface area contributed by atoms with Crippen LogP contribution in [0.2, 0.25) is 0 Å². The summed E-state index contributed by atoms with van der Waals surface area (Å²) in [5, 5.41) is 9.37. The highest BCUT2D eigenvalue weighted by atomic mass is 32.2. The second-order valence-electron chi connectivity index (χ2n) is 8.29. The Morgan fingerprint density at radius 2 is 1.70 bits per heavy atom. The van der Waals surface area contributed by atoms with E-state index < -0.39 is 15.8 Å². The summed E-state index contributed by atoms with van der Waals surface area (Å²) in [6.07, 6.45) is 0.860. The fourth-order valence-electron chi connectivity index (χ4n) is 4.27. The largest absolute Gasteiger partial charge is 0.340 e. The van der Waals surface area contributed by atoms with E-state index in [-0.39, 0.29) is 41.8 Å². The number of hydrogen-bond donors (Lipinski definition) is 0. The van der Waals surface area contributed by atoms with Crippen molar-refractivity contribution in [1.82, 2.24) is 14.1 Å². The fraction of sp³-hybridized carbons (Fsp3) is 0.619. The zero-order chi connectivity index (χ0) is 21.9. The van der Waals surface area contributed by atoms with E-state index >= 15 is 0 Å². The molecule has 0 aromatic heterocycles. The SMILES string of the molecule is CC(C)C(C#N)N1CCN(C(=O)C2CCN(S(=O)(=O)c3ccccc3F)CC2)CC1. The lowest BCUT2D eigenvalue weighted by atomic mass is 9.96. The van der Waals surface area contributed by atoms with Crippen LogP contribution in [0.25, 0.3) is 0 Å². The van der Waals surface area contributed by atoms with Crippen LogP contribution in [0.15, 0.2) is 29.2 Å². The van der Waals surface area contributed by atoms with Crippen molar-refractivity contribution in [1.29, 1.82) is 5.26 Å². The van der Waals surface area contributed by atoms with Crippen molar-refractivity contribution < 1.29 is 17.6 Å². The van der Waals surface area contributed by atoms with Gasteiger partial charge in [0.15, 0.2) is 0 Å². The van der Waals surface area contributed by atoms with Crippen molar-refractivity contribution in [3.8, 4) is 6.07 Å². The third-order valence-corrected chi connectivity index (χ3v) is 7.97. The molecule has 2 saturated heterocycles. The molecule has 2 aliphatic rings. The van der Waals surface area contributed by atoms with Crippen LogP contribution in [-0.4, -0.2) is 73.7 Å². The second-order valence-corrected chi connectivity index (χ2v) is 10.2. The molecule has 30 heavy (non-hydrogen) atoms. The molecule has 1 atom stereocenters. The lowest BCUT2D eigenvalue weighted by Crippen LogP contribution is -2.54. The van der Waals surface area contributed by atoms with Gasteiger partial charge < -0.3 is 4.90 Å². The van der Waals surface area contributed by atoms with Crippen LogP contribution >= 0.6 is 0 Å². The maximum Gasteiger partial charge on any atom is 0.245 e. The van der Waals surface area contributed by atoms with Crippen LogP contribution in [0.4, 0.5) is 4.39 Å². The van der Waals surface area contributed by atoms with E-state index in [1.165, 1.54) is 22.5 Å². The molecule has 0 bridgehead atoms. The van der Waals surface area contributed by atoms with Crippen LogP contribution in [0.5, 0.6) is 0 Å². The monoisotopic (exact) mass is 436 g/mol. The van der Waals surface area contributed by atoms with Gasteiger partial charge in [-0.25, -0.2) is 12.8 Å². The minimum Gasteiger partial charge on any atom is -0.340 e. The zero-order valence-corrected chi connectivity index (χ0v) is 18.3. The predicted molar refractivity (Wildman–Crippen MR) is 110 cm³/mol. The Balaban J connectivity index is 1.55. The van der Waals surface area contributed by atoms with Crippen molar-refractivity contribution in [2.45, 2.75) is 37.6 Å². The number of carbonyl (C=O) groups is 1. The Bertz CT molecular complexity index is 899. The van der Waals surface area contributed by atoms with Crippen molar-refractivity contribution >= 4 is 15.9 Å². The molecule has 0 aliphatic carbocycles. The number of benzene rings is 1. The van der Waals surface area contributed by atoms with Crippen LogP contribution in [0.3, 0.4) is 0 Å². The topological polar surface area (TPSA) is 84.7 Å². The number of piperidine rings is 1. The van der Waals surface area contributed by atoms with Crippen molar-refractivity contribution in [2.24, 2.45) is 11.8 Å². The van der Waals surface area contributed by atoms with Gasteiger partial charge in [0.1, 0.15) is 16.8 Å². The van der Waals surface area contributed by atoms with E-state index in [0.717, 1.165) is 6.07 Å². The quantitative estimate of drug-likeness (QED) is 0.704. The Kier molecular flexibility index (Phi) is 7.11. The third-order valence-electron chi connectivity index (χ3n) is 6.04. The normalized spacial score (nSPS) is 20.8. The summed E-state index contributed by atoms with van der Waals surface area (Å²) in [5.74, 6) is -0.695. The van der Waals surface area contributed by atoms with Gasteiger partial charge in [-0.2, -0.15) is 9.57 Å². The van der Waals surface area contributed by atoms with Gasteiger partial charge in [-0.1, -0.05) is 26.0 Å². The maximum atomic E-state index is 14.0. The van der Waals surface area contributed by atoms with E-state index in [1.54, 1.807) is 0 Å². The molecule has 1 unspecified atom stereocenters. The van der Waals surface area contributed by atoms with Crippen LogP contribution < -0.4 is 0 Å². The first kappa shape index (κ1) is 22.7. The van der Waals surface area contributed by atoms with E-state index in [1.807, 2.05) is 18.7 Å². The van der Waals surface area contributed by atoms with Gasteiger partial charge >= 0.3 is 0 Å². The molecule has 0 radical (unpaired) electrons. The van der Waals surface area contributed by atoms with Gasteiger partial charge in [0.2, 0.25) is 15.9 Å². The number of carbonyl (C=O) groups excluding carboxylic acids is 1. The number of nitrogens with zero attached hydrogens (tertiary/aromatic N) is 4. The first-order valence-corrected chi connectivity index (χ1v) is 11.9. The molecule has 9 heteroatoms. The summed E-state index contributed by atoms with van der Waals surface area (Å²) in [6, 6.07) is 7.57. The first-order chi connectivity index (χ1) is 14.3. The molecule has 0 N–H and O–H groups in total. The molecule has 3 rings (SSSR count). The van der Waals surface area contributed by atoms with Crippen molar-refractivity contribution in [3.05, 3.63) is 30.1 Å². The third kappa shape index (κ3) is 4.66. The number of hydrogen-bond acceptors (Lipinski definition) is 5. The van der Waals surface area contributed by atoms with E-state index in [2.05, 4.69) is 11.0 Å². The average molecular weight is 437 g/mol. The molecule has 2 aliphatic heterocycles. The summed E-state index contributed by atoms with van der Waals surface area (Å²) in [5.41, 5.74) is 0. The lowest BCUT2D eigenvalue weighted by Gasteiger charge is -2.40. The highest BCUT2D eigenvalue weighted by molar-refractivity contribution is 7.89. The molecular formula is C21H29FN4O3S. The smallest absolute Gasteiger partial charge is 0.245 e. The summed E-state index contributed by atoms with van der Waals surface area (Å²) >= 11 is 0. The summed E-state index contributed by atoms with van der Waals surface area (Å²) < 4.78 is 40.7. The van der Waals surface area contributed by atoms with Gasteiger partial charge in [0, 0.05) is 45.2 Å². The number of amides is 1. The Morgan fingerprint density at radius 1 is 1.10 bits per heavy atom. The molecule has 2 fully saturated rings. The molecular weight excluding hydrogens is 407 g/mol. The molecule has 7 nitrogen and oxygen atoms in total. The summed E-state index contributed by atoms with van der Waals surface area (Å²) in [6.45, 7) is 6.96. The molecule has 1 amide bonds.